The highest BCUT2D eigenvalue weighted by atomic mass is 16.5. The lowest BCUT2D eigenvalue weighted by Gasteiger charge is -2.56. The zero-order valence-electron chi connectivity index (χ0n) is 15.4. The van der Waals surface area contributed by atoms with Crippen LogP contribution in [0.15, 0.2) is 11.6 Å². The maximum atomic E-state index is 10.3. The van der Waals surface area contributed by atoms with Gasteiger partial charge in [0.1, 0.15) is 0 Å². The highest BCUT2D eigenvalue weighted by Gasteiger charge is 2.50. The van der Waals surface area contributed by atoms with Gasteiger partial charge in [-0.05, 0) is 53.9 Å². The first-order valence-corrected chi connectivity index (χ1v) is 9.53. The molecule has 3 aliphatic carbocycles. The van der Waals surface area contributed by atoms with Gasteiger partial charge in [-0.1, -0.05) is 33.8 Å². The molecule has 1 aliphatic heterocycles. The summed E-state index contributed by atoms with van der Waals surface area (Å²) in [7, 11) is 0. The number of aliphatic hydroxyl groups excluding tert-OH is 1. The normalized spacial score (nSPS) is 37.9. The number of β-amino-alcohol motifs (C(OH)–C–C–N with tert-alkyl or cyclic N) is 1. The third-order valence-electron chi connectivity index (χ3n) is 6.58. The van der Waals surface area contributed by atoms with E-state index >= 15 is 0 Å². The molecule has 1 saturated carbocycles. The highest BCUT2D eigenvalue weighted by molar-refractivity contribution is 5.23. The summed E-state index contributed by atoms with van der Waals surface area (Å²) in [6.07, 6.45) is 5.90. The van der Waals surface area contributed by atoms with Crippen LogP contribution < -0.4 is 0 Å². The van der Waals surface area contributed by atoms with Gasteiger partial charge in [-0.3, -0.25) is 0 Å². The number of aliphatic hydroxyl groups is 1. The number of likely N-dealkylation sites (tertiary alicyclic amines) is 1. The van der Waals surface area contributed by atoms with E-state index in [2.05, 4.69) is 38.7 Å². The first-order valence-electron chi connectivity index (χ1n) is 9.53. The summed E-state index contributed by atoms with van der Waals surface area (Å²) in [4.78, 5) is 2.41. The third kappa shape index (κ3) is 3.83. The largest absolute Gasteiger partial charge is 0.389 e. The van der Waals surface area contributed by atoms with Crippen molar-refractivity contribution >= 4 is 0 Å². The second kappa shape index (κ2) is 6.85. The van der Waals surface area contributed by atoms with Gasteiger partial charge in [-0.15, -0.1) is 0 Å². The summed E-state index contributed by atoms with van der Waals surface area (Å²) in [5, 5.41) is 10.3. The van der Waals surface area contributed by atoms with E-state index < -0.39 is 0 Å². The Labute approximate surface area is 142 Å². The van der Waals surface area contributed by atoms with Crippen molar-refractivity contribution in [1.82, 2.24) is 4.90 Å². The van der Waals surface area contributed by atoms with Gasteiger partial charge in [0.05, 0.1) is 19.3 Å². The summed E-state index contributed by atoms with van der Waals surface area (Å²) in [5.74, 6) is 3.08. The van der Waals surface area contributed by atoms with Crippen LogP contribution in [0.4, 0.5) is 0 Å². The number of nitrogens with zero attached hydrogens (tertiary/aromatic N) is 1. The summed E-state index contributed by atoms with van der Waals surface area (Å²) in [6.45, 7) is 13.6. The van der Waals surface area contributed by atoms with Crippen LogP contribution in [-0.4, -0.2) is 49.0 Å². The predicted octanol–water partition coefficient (Wildman–Crippen LogP) is 3.33. The molecule has 23 heavy (non-hydrogen) atoms. The molecule has 4 rings (SSSR count). The molecule has 0 spiro atoms. The van der Waals surface area contributed by atoms with Gasteiger partial charge in [0, 0.05) is 19.6 Å². The molecule has 1 saturated heterocycles. The van der Waals surface area contributed by atoms with Crippen LogP contribution in [0.5, 0.6) is 0 Å². The highest BCUT2D eigenvalue weighted by Crippen LogP contribution is 2.59. The van der Waals surface area contributed by atoms with Crippen LogP contribution in [0.1, 0.15) is 47.0 Å². The van der Waals surface area contributed by atoms with Crippen molar-refractivity contribution in [3.63, 3.8) is 0 Å². The van der Waals surface area contributed by atoms with Gasteiger partial charge in [0.25, 0.3) is 0 Å². The Morgan fingerprint density at radius 3 is 2.57 bits per heavy atom. The molecule has 5 atom stereocenters. The number of ether oxygens (including phenoxy) is 1. The topological polar surface area (TPSA) is 32.7 Å². The summed E-state index contributed by atoms with van der Waals surface area (Å²) >= 11 is 0. The standard InChI is InChI=1S/C20H35NO2/c1-14-7-15(2)10-21(9-14)11-18(22)13-23-12-16-5-6-17-8-19(16)20(17,3)4/h5,14-15,17-19,22H,6-13H2,1-4H3. The molecule has 2 bridgehead atoms. The molecular formula is C20H35NO2. The van der Waals surface area contributed by atoms with Crippen molar-refractivity contribution in [3.8, 4) is 0 Å². The van der Waals surface area contributed by atoms with Crippen LogP contribution in [0, 0.1) is 29.1 Å². The molecule has 5 unspecified atom stereocenters. The van der Waals surface area contributed by atoms with E-state index in [-0.39, 0.29) is 6.10 Å². The Hall–Kier alpha value is -0.380. The minimum Gasteiger partial charge on any atom is -0.389 e. The fourth-order valence-corrected chi connectivity index (χ4v) is 5.25. The fourth-order valence-electron chi connectivity index (χ4n) is 5.25. The van der Waals surface area contributed by atoms with Crippen LogP contribution in [-0.2, 0) is 4.74 Å². The summed E-state index contributed by atoms with van der Waals surface area (Å²) in [5.41, 5.74) is 1.94. The zero-order valence-corrected chi connectivity index (χ0v) is 15.4. The first kappa shape index (κ1) is 17.4. The van der Waals surface area contributed by atoms with E-state index in [9.17, 15) is 5.11 Å². The van der Waals surface area contributed by atoms with Crippen molar-refractivity contribution in [3.05, 3.63) is 11.6 Å². The van der Waals surface area contributed by atoms with Crippen molar-refractivity contribution in [2.45, 2.75) is 53.1 Å². The number of hydrogen-bond donors (Lipinski definition) is 1. The molecule has 1 N–H and O–H groups in total. The smallest absolute Gasteiger partial charge is 0.0900 e. The third-order valence-corrected chi connectivity index (χ3v) is 6.58. The maximum Gasteiger partial charge on any atom is 0.0900 e. The predicted molar refractivity (Wildman–Crippen MR) is 94.3 cm³/mol. The Morgan fingerprint density at radius 2 is 1.96 bits per heavy atom. The molecule has 0 aromatic carbocycles. The van der Waals surface area contributed by atoms with Crippen molar-refractivity contribution in [2.24, 2.45) is 29.1 Å². The molecule has 4 aliphatic rings. The minimum atomic E-state index is -0.362. The molecule has 2 fully saturated rings. The monoisotopic (exact) mass is 321 g/mol. The Balaban J connectivity index is 1.38. The lowest BCUT2D eigenvalue weighted by molar-refractivity contribution is -0.0280. The molecular weight excluding hydrogens is 286 g/mol. The van der Waals surface area contributed by atoms with Crippen LogP contribution in [0.25, 0.3) is 0 Å². The first-order chi connectivity index (χ1) is 10.9. The Bertz CT molecular complexity index is 435. The molecule has 0 amide bonds. The number of hydrogen-bond acceptors (Lipinski definition) is 3. The second-order valence-corrected chi connectivity index (χ2v) is 9.15. The quantitative estimate of drug-likeness (QED) is 0.762. The van der Waals surface area contributed by atoms with Gasteiger partial charge in [-0.2, -0.15) is 0 Å². The molecule has 1 heterocycles. The van der Waals surface area contributed by atoms with Crippen molar-refractivity contribution in [1.29, 1.82) is 0 Å². The number of rotatable bonds is 6. The number of piperidine rings is 1. The van der Waals surface area contributed by atoms with Crippen molar-refractivity contribution in [2.75, 3.05) is 32.8 Å². The summed E-state index contributed by atoms with van der Waals surface area (Å²) in [6, 6.07) is 0. The van der Waals surface area contributed by atoms with E-state index in [4.69, 9.17) is 4.74 Å². The Morgan fingerprint density at radius 1 is 1.26 bits per heavy atom. The van der Waals surface area contributed by atoms with E-state index in [1.807, 2.05) is 0 Å². The fraction of sp³-hybridized carbons (Fsp3) is 0.900. The van der Waals surface area contributed by atoms with Crippen LogP contribution in [0.2, 0.25) is 0 Å². The van der Waals surface area contributed by atoms with Crippen molar-refractivity contribution < 1.29 is 9.84 Å². The maximum absolute atomic E-state index is 10.3. The molecule has 0 radical (unpaired) electrons. The molecule has 0 aromatic heterocycles. The van der Waals surface area contributed by atoms with Crippen LogP contribution >= 0.6 is 0 Å². The summed E-state index contributed by atoms with van der Waals surface area (Å²) < 4.78 is 5.87. The van der Waals surface area contributed by atoms with E-state index in [0.29, 0.717) is 24.5 Å². The zero-order chi connectivity index (χ0) is 16.6. The van der Waals surface area contributed by atoms with Gasteiger partial charge >= 0.3 is 0 Å². The van der Waals surface area contributed by atoms with E-state index in [1.54, 1.807) is 0 Å². The number of allylic oxidation sites excluding steroid dienone is 1. The number of fused-ring (bicyclic) bond motifs is 1. The SMILES string of the molecule is CC1CC(C)CN(CC(O)COCC2=CCC3CC2C3(C)C)C1. The minimum absolute atomic E-state index is 0.362. The lowest BCUT2D eigenvalue weighted by Crippen LogP contribution is -2.48. The molecule has 3 nitrogen and oxygen atoms in total. The molecule has 3 heteroatoms. The van der Waals surface area contributed by atoms with Crippen LogP contribution in [0.3, 0.4) is 0 Å². The van der Waals surface area contributed by atoms with E-state index in [0.717, 1.165) is 37.4 Å². The molecule has 0 aromatic rings. The van der Waals surface area contributed by atoms with Gasteiger partial charge < -0.3 is 14.7 Å². The average molecular weight is 322 g/mol. The molecule has 132 valence electrons. The van der Waals surface area contributed by atoms with Gasteiger partial charge in [0.2, 0.25) is 0 Å². The van der Waals surface area contributed by atoms with E-state index in [1.165, 1.54) is 24.8 Å². The van der Waals surface area contributed by atoms with Gasteiger partial charge in [-0.25, -0.2) is 0 Å². The Kier molecular flexibility index (Phi) is 5.20. The second-order valence-electron chi connectivity index (χ2n) is 9.15. The lowest BCUT2D eigenvalue weighted by atomic mass is 9.49. The van der Waals surface area contributed by atoms with Gasteiger partial charge in [0.15, 0.2) is 0 Å². The average Bonchev–Trinajstić information content (AvgIpc) is 2.46.